The summed E-state index contributed by atoms with van der Waals surface area (Å²) in [5.74, 6) is 0. The molecule has 24 aromatic rings. The molecule has 0 amide bonds. The summed E-state index contributed by atoms with van der Waals surface area (Å²) in [5, 5.41) is 11.9. The van der Waals surface area contributed by atoms with Crippen LogP contribution in [0.5, 0.6) is 0 Å². The normalized spacial score (nSPS) is 11.4. The molecule has 13 heteroatoms. The smallest absolute Gasteiger partial charge is 0.0963 e. The largest absolute Gasteiger partial charge is 0.308 e. The van der Waals surface area contributed by atoms with Crippen molar-refractivity contribution >= 4 is 98.0 Å². The lowest BCUT2D eigenvalue weighted by Gasteiger charge is -2.10. The highest BCUT2D eigenvalue weighted by atomic mass is 15.0. The predicted octanol–water partition coefficient (Wildman–Crippen LogP) is 26.8. The Morgan fingerprint density at radius 1 is 0.163 bits per heavy atom. The summed E-state index contributed by atoms with van der Waals surface area (Å²) in [6.07, 6.45) is 11.3. The minimum atomic E-state index is 0.826. The molecule has 0 aliphatic rings. The van der Waals surface area contributed by atoms with Crippen LogP contribution in [0.2, 0.25) is 0 Å². The van der Waals surface area contributed by atoms with Crippen molar-refractivity contribution in [2.45, 2.75) is 0 Å². The van der Waals surface area contributed by atoms with E-state index in [1.807, 2.05) is 116 Å². The van der Waals surface area contributed by atoms with Gasteiger partial charge in [0.1, 0.15) is 0 Å². The Labute approximate surface area is 707 Å². The van der Waals surface area contributed by atoms with Gasteiger partial charge in [-0.3, -0.25) is 19.9 Å². The van der Waals surface area contributed by atoms with E-state index in [0.29, 0.717) is 0 Å². The van der Waals surface area contributed by atoms with Crippen molar-refractivity contribution in [3.8, 4) is 119 Å². The number of benzene rings is 11. The van der Waals surface area contributed by atoms with Crippen LogP contribution in [0, 0.1) is 0 Å². The molecule has 0 aliphatic carbocycles. The summed E-state index contributed by atoms with van der Waals surface area (Å²) in [5.41, 5.74) is 28.9. The van der Waals surface area contributed by atoms with E-state index in [-0.39, 0.29) is 0 Å². The number of hydrogen-bond acceptors (Lipinski definition) is 10. The van der Waals surface area contributed by atoms with Crippen molar-refractivity contribution in [1.82, 2.24) is 63.5 Å². The molecule has 0 saturated heterocycles. The third-order valence-corrected chi connectivity index (χ3v) is 23.0. The van der Waals surface area contributed by atoms with Gasteiger partial charge in [0, 0.05) is 108 Å². The average molecular weight is 1570 g/mol. The molecule has 11 aromatic carbocycles. The van der Waals surface area contributed by atoms with Gasteiger partial charge in [-0.1, -0.05) is 237 Å². The molecular weight excluding hydrogens is 1500 g/mol. The van der Waals surface area contributed by atoms with Crippen molar-refractivity contribution in [2.24, 2.45) is 0 Å². The number of para-hydroxylation sites is 4. The van der Waals surface area contributed by atoms with E-state index in [4.69, 9.17) is 29.9 Å². The van der Waals surface area contributed by atoms with E-state index in [2.05, 4.69) is 349 Å². The topological polar surface area (TPSA) is 144 Å². The van der Waals surface area contributed by atoms with Gasteiger partial charge in [0.2, 0.25) is 0 Å². The molecule has 24 rings (SSSR count). The molecule has 13 heterocycles. The maximum absolute atomic E-state index is 5.03. The lowest BCUT2D eigenvalue weighted by Crippen LogP contribution is -1.95. The van der Waals surface area contributed by atoms with Crippen LogP contribution in [0.25, 0.3) is 217 Å². The van der Waals surface area contributed by atoms with Crippen LogP contribution in [0.4, 0.5) is 0 Å². The van der Waals surface area contributed by atoms with Gasteiger partial charge in [-0.05, 0) is 179 Å². The summed E-state index contributed by atoms with van der Waals surface area (Å²) < 4.78 is 6.81. The van der Waals surface area contributed by atoms with Crippen molar-refractivity contribution in [3.63, 3.8) is 0 Å². The van der Waals surface area contributed by atoms with Gasteiger partial charge in [-0.15, -0.1) is 0 Å². The maximum Gasteiger partial charge on any atom is 0.0963 e. The Morgan fingerprint density at radius 2 is 0.447 bits per heavy atom. The number of fused-ring (bicyclic) bond motifs is 12. The highest BCUT2D eigenvalue weighted by molar-refractivity contribution is 6.11. The van der Waals surface area contributed by atoms with E-state index >= 15 is 0 Å². The highest BCUT2D eigenvalue weighted by Crippen LogP contribution is 2.39. The first-order chi connectivity index (χ1) is 61.0. The van der Waals surface area contributed by atoms with Crippen LogP contribution in [-0.2, 0) is 0 Å². The molecule has 0 radical (unpaired) electrons. The van der Waals surface area contributed by atoms with Gasteiger partial charge in [-0.2, -0.15) is 0 Å². The van der Waals surface area contributed by atoms with Crippen molar-refractivity contribution in [2.75, 3.05) is 0 Å². The number of rotatable bonds is 12. The molecule has 0 aliphatic heterocycles. The van der Waals surface area contributed by atoms with Crippen LogP contribution in [0.15, 0.2) is 431 Å². The molecular formula is C110H71N13. The fraction of sp³-hybridized carbons (Fsp3) is 0. The zero-order valence-corrected chi connectivity index (χ0v) is 66.3. The number of aromatic nitrogens is 13. The van der Waals surface area contributed by atoms with Crippen LogP contribution < -0.4 is 0 Å². The zero-order chi connectivity index (χ0) is 81.5. The predicted molar refractivity (Wildman–Crippen MR) is 502 cm³/mol. The molecule has 0 atom stereocenters. The zero-order valence-electron chi connectivity index (χ0n) is 66.3. The summed E-state index contributed by atoms with van der Waals surface area (Å²) >= 11 is 0. The minimum Gasteiger partial charge on any atom is -0.308 e. The second-order valence-electron chi connectivity index (χ2n) is 30.2. The summed E-state index contributed by atoms with van der Waals surface area (Å²) in [6, 6.07) is 136. The second-order valence-corrected chi connectivity index (χ2v) is 30.2. The van der Waals surface area contributed by atoms with Crippen molar-refractivity contribution in [1.29, 1.82) is 0 Å². The van der Waals surface area contributed by atoms with Crippen LogP contribution >= 0.6 is 0 Å². The quantitative estimate of drug-likeness (QED) is 0.116. The number of pyridine rings is 10. The van der Waals surface area contributed by atoms with Gasteiger partial charge in [0.15, 0.2) is 0 Å². The third-order valence-electron chi connectivity index (χ3n) is 23.0. The van der Waals surface area contributed by atoms with E-state index in [1.165, 1.54) is 48.6 Å². The first-order valence-corrected chi connectivity index (χ1v) is 41.0. The number of hydrogen-bond donors (Lipinski definition) is 0. The summed E-state index contributed by atoms with van der Waals surface area (Å²) in [4.78, 5) is 48.2. The first kappa shape index (κ1) is 72.5. The lowest BCUT2D eigenvalue weighted by atomic mass is 10.0. The Balaban J connectivity index is 0.000000110. The Hall–Kier alpha value is -16.9. The first-order valence-electron chi connectivity index (χ1n) is 41.0. The van der Waals surface area contributed by atoms with Gasteiger partial charge >= 0.3 is 0 Å². The highest BCUT2D eigenvalue weighted by Gasteiger charge is 2.20. The minimum absolute atomic E-state index is 0.826. The van der Waals surface area contributed by atoms with Crippen molar-refractivity contribution in [3.05, 3.63) is 431 Å². The standard InChI is InChI=1S/2C37H24N4.C36H23N5/c1-2-11-28-25(9-1)10-5-13-29(28)32-15-7-17-34(40-32)33-16-6-14-31(39-33)26-20-22-27(23-21-26)41-35-18-4-3-12-30(35)37-36(41)19-8-24-38-37;1-2-10-28-25(8-1)9-5-12-29(28)33-14-7-16-35(40-33)34-15-6-13-32(39-34)26-18-20-27(21-19-26)41-36-17-4-3-11-30(36)31-22-23-38-24-37(31)41;1-2-15-34-27(9-1)28-20-22-37-23-35(28)41(34)26-18-16-24(17-19-26)30-11-4-13-32(39-30)33-14-5-12-31(40-33)29-10-3-7-25-8-6-21-38-36(25)29/h2*1-24H;1-23H. The molecule has 0 unspecified atom stereocenters. The maximum atomic E-state index is 5.03. The molecule has 13 nitrogen and oxygen atoms in total. The van der Waals surface area contributed by atoms with E-state index < -0.39 is 0 Å². The third kappa shape index (κ3) is 13.6. The van der Waals surface area contributed by atoms with Gasteiger partial charge in [-0.25, -0.2) is 29.9 Å². The fourth-order valence-corrected chi connectivity index (χ4v) is 17.2. The summed E-state index contributed by atoms with van der Waals surface area (Å²) in [7, 11) is 0. The molecule has 0 saturated carbocycles. The fourth-order valence-electron chi connectivity index (χ4n) is 17.2. The van der Waals surface area contributed by atoms with E-state index in [9.17, 15) is 0 Å². The Kier molecular flexibility index (Phi) is 18.6. The van der Waals surface area contributed by atoms with Crippen LogP contribution in [0.1, 0.15) is 0 Å². The Bertz CT molecular complexity index is 7220. The molecule has 0 bridgehead atoms. The monoisotopic (exact) mass is 1570 g/mol. The van der Waals surface area contributed by atoms with Crippen LogP contribution in [0.3, 0.4) is 0 Å². The lowest BCUT2D eigenvalue weighted by molar-refractivity contribution is 1.16. The van der Waals surface area contributed by atoms with Gasteiger partial charge in [0.05, 0.1) is 125 Å². The van der Waals surface area contributed by atoms with E-state index in [0.717, 1.165) is 168 Å². The van der Waals surface area contributed by atoms with Crippen LogP contribution in [-0.4, -0.2) is 63.5 Å². The Morgan fingerprint density at radius 3 is 0.886 bits per heavy atom. The number of nitrogens with zero attached hydrogens (tertiary/aromatic N) is 13. The van der Waals surface area contributed by atoms with Gasteiger partial charge < -0.3 is 13.7 Å². The van der Waals surface area contributed by atoms with E-state index in [1.54, 1.807) is 0 Å². The molecule has 13 aromatic heterocycles. The van der Waals surface area contributed by atoms with Crippen molar-refractivity contribution < 1.29 is 0 Å². The molecule has 0 spiro atoms. The molecule has 0 N–H and O–H groups in total. The average Bonchev–Trinajstić information content (AvgIpc) is 1.59. The molecule has 0 fully saturated rings. The second kappa shape index (κ2) is 31.5. The SMILES string of the molecule is c1cc(-c2ccc(-n3c4ccccc4c4ccncc43)cc2)nc(-c2cccc(-c3cccc4ccccc34)n2)c1.c1cc(-c2ccc(-n3c4ccccc4c4ccncc43)cc2)nc(-c2cccc(-c3cccc4cccnc34)n2)c1.c1cc(-c2ccc(-n3c4ccccc4c4ncccc43)cc2)nc(-c2cccc(-c3cccc4ccccc34)n2)c1. The summed E-state index contributed by atoms with van der Waals surface area (Å²) in [6.45, 7) is 0. The molecule has 576 valence electrons. The van der Waals surface area contributed by atoms with Gasteiger partial charge in [0.25, 0.3) is 0 Å². The molecule has 123 heavy (non-hydrogen) atoms.